The second-order valence-electron chi connectivity index (χ2n) is 7.12. The average molecular weight is 422 g/mol. The number of carbonyl (C=O) groups excluding carboxylic acids is 2. The standard InChI is InChI=1S/C20H21F3N4O3/c1-12(15-5-6-17(25-10-15)30-11-20(21,22)23)27(2)19(29)14-7-8-24-16(9-14)26-18(28)13-3-4-13/h5-10,12-13H,3-4,11H2,1-2H3,(H,24,26,28). The van der Waals surface area contributed by atoms with E-state index >= 15 is 0 Å². The Balaban J connectivity index is 1.64. The second-order valence-corrected chi connectivity index (χ2v) is 7.12. The maximum absolute atomic E-state index is 12.8. The third kappa shape index (κ3) is 5.68. The van der Waals surface area contributed by atoms with Crippen LogP contribution >= 0.6 is 0 Å². The zero-order valence-corrected chi connectivity index (χ0v) is 16.4. The van der Waals surface area contributed by atoms with Gasteiger partial charge >= 0.3 is 6.18 Å². The number of halogens is 3. The number of ether oxygens (including phenoxy) is 1. The number of nitrogens with one attached hydrogen (secondary N) is 1. The topological polar surface area (TPSA) is 84.4 Å². The fourth-order valence-corrected chi connectivity index (χ4v) is 2.69. The van der Waals surface area contributed by atoms with Gasteiger partial charge in [0.05, 0.1) is 6.04 Å². The fraction of sp³-hybridized carbons (Fsp3) is 0.400. The molecule has 3 rings (SSSR count). The molecule has 1 aliphatic carbocycles. The number of anilines is 1. The summed E-state index contributed by atoms with van der Waals surface area (Å²) in [7, 11) is 1.60. The lowest BCUT2D eigenvalue weighted by Gasteiger charge is -2.25. The van der Waals surface area contributed by atoms with Crippen molar-refractivity contribution < 1.29 is 27.5 Å². The van der Waals surface area contributed by atoms with E-state index in [4.69, 9.17) is 0 Å². The van der Waals surface area contributed by atoms with Crippen molar-refractivity contribution in [3.63, 3.8) is 0 Å². The summed E-state index contributed by atoms with van der Waals surface area (Å²) in [4.78, 5) is 34.1. The molecule has 2 aromatic rings. The number of pyridine rings is 2. The number of hydrogen-bond donors (Lipinski definition) is 1. The van der Waals surface area contributed by atoms with Gasteiger partial charge in [-0.15, -0.1) is 0 Å². The van der Waals surface area contributed by atoms with E-state index in [-0.39, 0.29) is 23.6 Å². The van der Waals surface area contributed by atoms with Crippen LogP contribution < -0.4 is 10.1 Å². The van der Waals surface area contributed by atoms with E-state index in [9.17, 15) is 22.8 Å². The third-order valence-corrected chi connectivity index (χ3v) is 4.73. The van der Waals surface area contributed by atoms with Gasteiger partial charge in [0, 0.05) is 37.0 Å². The molecule has 2 amide bonds. The zero-order chi connectivity index (χ0) is 21.9. The van der Waals surface area contributed by atoms with E-state index in [1.165, 1.54) is 29.4 Å². The molecule has 7 nitrogen and oxygen atoms in total. The lowest BCUT2D eigenvalue weighted by atomic mass is 10.1. The van der Waals surface area contributed by atoms with Crippen molar-refractivity contribution in [3.8, 4) is 5.88 Å². The highest BCUT2D eigenvalue weighted by atomic mass is 19.4. The summed E-state index contributed by atoms with van der Waals surface area (Å²) in [5, 5.41) is 2.70. The van der Waals surface area contributed by atoms with Gasteiger partial charge < -0.3 is 15.0 Å². The van der Waals surface area contributed by atoms with Crippen LogP contribution in [0.25, 0.3) is 0 Å². The minimum absolute atomic E-state index is 0.0180. The van der Waals surface area contributed by atoms with Gasteiger partial charge in [0.2, 0.25) is 11.8 Å². The second kappa shape index (κ2) is 8.68. The van der Waals surface area contributed by atoms with Crippen LogP contribution in [0.1, 0.15) is 41.7 Å². The smallest absolute Gasteiger partial charge is 0.422 e. The van der Waals surface area contributed by atoms with E-state index in [2.05, 4.69) is 20.0 Å². The Kier molecular flexibility index (Phi) is 6.23. The van der Waals surface area contributed by atoms with Gasteiger partial charge in [-0.05, 0) is 37.5 Å². The maximum Gasteiger partial charge on any atom is 0.422 e. The summed E-state index contributed by atoms with van der Waals surface area (Å²) in [6.45, 7) is 0.344. The predicted octanol–water partition coefficient (Wildman–Crippen LogP) is 3.60. The monoisotopic (exact) mass is 422 g/mol. The van der Waals surface area contributed by atoms with Crippen LogP contribution in [0.15, 0.2) is 36.7 Å². The van der Waals surface area contributed by atoms with Crippen LogP contribution in [-0.2, 0) is 4.79 Å². The highest BCUT2D eigenvalue weighted by Gasteiger charge is 2.30. The fourth-order valence-electron chi connectivity index (χ4n) is 2.69. The summed E-state index contributed by atoms with van der Waals surface area (Å²) >= 11 is 0. The largest absolute Gasteiger partial charge is 0.468 e. The van der Waals surface area contributed by atoms with Crippen molar-refractivity contribution in [2.45, 2.75) is 32.0 Å². The molecular formula is C20H21F3N4O3. The Morgan fingerprint density at radius 1 is 1.27 bits per heavy atom. The van der Waals surface area contributed by atoms with Crippen molar-refractivity contribution in [3.05, 3.63) is 47.8 Å². The van der Waals surface area contributed by atoms with E-state index in [1.54, 1.807) is 26.1 Å². The molecule has 2 heterocycles. The van der Waals surface area contributed by atoms with Crippen molar-refractivity contribution in [1.82, 2.24) is 14.9 Å². The van der Waals surface area contributed by atoms with Crippen molar-refractivity contribution in [1.29, 1.82) is 0 Å². The number of aromatic nitrogens is 2. The minimum Gasteiger partial charge on any atom is -0.468 e. The number of amides is 2. The normalized spacial score (nSPS) is 14.7. The van der Waals surface area contributed by atoms with E-state index in [0.29, 0.717) is 16.9 Å². The molecule has 1 saturated carbocycles. The Morgan fingerprint density at radius 3 is 2.60 bits per heavy atom. The van der Waals surface area contributed by atoms with Crippen LogP contribution in [0.4, 0.5) is 19.0 Å². The molecule has 1 unspecified atom stereocenters. The van der Waals surface area contributed by atoms with Crippen LogP contribution in [0.5, 0.6) is 5.88 Å². The summed E-state index contributed by atoms with van der Waals surface area (Å²) in [6, 6.07) is 5.54. The molecule has 10 heteroatoms. The van der Waals surface area contributed by atoms with Crippen molar-refractivity contribution in [2.24, 2.45) is 5.92 Å². The molecule has 1 N–H and O–H groups in total. The number of nitrogens with zero attached hydrogens (tertiary/aromatic N) is 3. The van der Waals surface area contributed by atoms with E-state index < -0.39 is 18.8 Å². The van der Waals surface area contributed by atoms with Gasteiger partial charge in [0.15, 0.2) is 6.61 Å². The predicted molar refractivity (Wildman–Crippen MR) is 102 cm³/mol. The van der Waals surface area contributed by atoms with Crippen LogP contribution in [-0.4, -0.2) is 46.5 Å². The first-order valence-electron chi connectivity index (χ1n) is 9.33. The Morgan fingerprint density at radius 2 is 2.00 bits per heavy atom. The maximum atomic E-state index is 12.8. The van der Waals surface area contributed by atoms with Crippen LogP contribution in [0.2, 0.25) is 0 Å². The van der Waals surface area contributed by atoms with Gasteiger partial charge in [-0.1, -0.05) is 6.07 Å². The first-order valence-corrected chi connectivity index (χ1v) is 9.33. The quantitative estimate of drug-likeness (QED) is 0.737. The molecule has 0 spiro atoms. The average Bonchev–Trinajstić information content (AvgIpc) is 3.56. The molecule has 30 heavy (non-hydrogen) atoms. The summed E-state index contributed by atoms with van der Waals surface area (Å²) in [6.07, 6.45) is 0.0932. The van der Waals surface area contributed by atoms with E-state index in [0.717, 1.165) is 12.8 Å². The summed E-state index contributed by atoms with van der Waals surface area (Å²) < 4.78 is 41.3. The first kappa shape index (κ1) is 21.5. The van der Waals surface area contributed by atoms with Gasteiger partial charge in [-0.3, -0.25) is 9.59 Å². The van der Waals surface area contributed by atoms with Gasteiger partial charge in [0.1, 0.15) is 5.82 Å². The Hall–Kier alpha value is -3.17. The SMILES string of the molecule is CC(c1ccc(OCC(F)(F)F)nc1)N(C)C(=O)c1ccnc(NC(=O)C2CC2)c1. The van der Waals surface area contributed by atoms with Gasteiger partial charge in [-0.25, -0.2) is 9.97 Å². The number of carbonyl (C=O) groups is 2. The van der Waals surface area contributed by atoms with Gasteiger partial charge in [0.25, 0.3) is 5.91 Å². The number of alkyl halides is 3. The van der Waals surface area contributed by atoms with Crippen molar-refractivity contribution in [2.75, 3.05) is 19.0 Å². The third-order valence-electron chi connectivity index (χ3n) is 4.73. The molecule has 0 bridgehead atoms. The van der Waals surface area contributed by atoms with Gasteiger partial charge in [-0.2, -0.15) is 13.2 Å². The molecule has 0 radical (unpaired) electrons. The summed E-state index contributed by atoms with van der Waals surface area (Å²) in [5.74, 6) is -0.226. The Bertz CT molecular complexity index is 914. The Labute approximate surface area is 171 Å². The lowest BCUT2D eigenvalue weighted by Crippen LogP contribution is -2.30. The number of hydrogen-bond acceptors (Lipinski definition) is 5. The van der Waals surface area contributed by atoms with E-state index in [1.807, 2.05) is 0 Å². The molecule has 0 aliphatic heterocycles. The van der Waals surface area contributed by atoms with Crippen molar-refractivity contribution >= 4 is 17.6 Å². The van der Waals surface area contributed by atoms with Crippen LogP contribution in [0.3, 0.4) is 0 Å². The molecule has 1 fully saturated rings. The minimum atomic E-state index is -4.44. The molecule has 160 valence electrons. The molecule has 0 aromatic carbocycles. The molecule has 2 aromatic heterocycles. The lowest BCUT2D eigenvalue weighted by molar-refractivity contribution is -0.154. The highest BCUT2D eigenvalue weighted by molar-refractivity contribution is 5.97. The number of rotatable bonds is 7. The molecule has 0 saturated heterocycles. The summed E-state index contributed by atoms with van der Waals surface area (Å²) in [5.41, 5.74) is 0.977. The molecule has 1 aliphatic rings. The molecule has 1 atom stereocenters. The highest BCUT2D eigenvalue weighted by Crippen LogP contribution is 2.30. The molecular weight excluding hydrogens is 401 g/mol. The van der Waals surface area contributed by atoms with Crippen LogP contribution in [0, 0.1) is 5.92 Å². The zero-order valence-electron chi connectivity index (χ0n) is 16.4. The first-order chi connectivity index (χ1) is 14.1.